The number of rotatable bonds is 2. The number of hydrogen-bond acceptors (Lipinski definition) is 2. The van der Waals surface area contributed by atoms with Gasteiger partial charge in [-0.05, 0) is 52.7 Å². The number of benzene rings is 2. The minimum absolute atomic E-state index is 0.557. The van der Waals surface area contributed by atoms with Gasteiger partial charge in [-0.15, -0.1) is 0 Å². The van der Waals surface area contributed by atoms with Gasteiger partial charge in [-0.25, -0.2) is 0 Å². The molecule has 2 rings (SSSR count). The van der Waals surface area contributed by atoms with Gasteiger partial charge < -0.3 is 10.5 Å². The topological polar surface area (TPSA) is 35.2 Å². The van der Waals surface area contributed by atoms with Crippen molar-refractivity contribution in [1.29, 1.82) is 0 Å². The van der Waals surface area contributed by atoms with Crippen molar-refractivity contribution >= 4 is 33.2 Å². The number of hydrogen-bond donors (Lipinski definition) is 1. The molecular formula is C13H11BrClNO. The highest BCUT2D eigenvalue weighted by molar-refractivity contribution is 9.10. The van der Waals surface area contributed by atoms with Crippen LogP contribution in [0.1, 0.15) is 5.56 Å². The second kappa shape index (κ2) is 4.98. The van der Waals surface area contributed by atoms with Gasteiger partial charge in [0.25, 0.3) is 0 Å². The smallest absolute Gasteiger partial charge is 0.151 e. The average molecular weight is 313 g/mol. The average Bonchev–Trinajstić information content (AvgIpc) is 2.27. The van der Waals surface area contributed by atoms with Gasteiger partial charge in [-0.2, -0.15) is 0 Å². The Morgan fingerprint density at radius 3 is 2.59 bits per heavy atom. The van der Waals surface area contributed by atoms with E-state index in [2.05, 4.69) is 15.9 Å². The first-order valence-corrected chi connectivity index (χ1v) is 6.22. The van der Waals surface area contributed by atoms with E-state index in [1.807, 2.05) is 25.1 Å². The fraction of sp³-hybridized carbons (Fsp3) is 0.0769. The summed E-state index contributed by atoms with van der Waals surface area (Å²) >= 11 is 9.35. The summed E-state index contributed by atoms with van der Waals surface area (Å²) in [6.45, 7) is 2.02. The quantitative estimate of drug-likeness (QED) is 0.810. The Morgan fingerprint density at radius 1 is 1.12 bits per heavy atom. The van der Waals surface area contributed by atoms with Crippen LogP contribution >= 0.6 is 27.5 Å². The van der Waals surface area contributed by atoms with Gasteiger partial charge in [0, 0.05) is 11.1 Å². The maximum atomic E-state index is 5.90. The third-order valence-corrected chi connectivity index (χ3v) is 3.14. The number of anilines is 1. The van der Waals surface area contributed by atoms with E-state index in [9.17, 15) is 0 Å². The zero-order valence-corrected chi connectivity index (χ0v) is 11.5. The Balaban J connectivity index is 2.34. The molecule has 0 bridgehead atoms. The molecule has 0 spiro atoms. The zero-order valence-electron chi connectivity index (χ0n) is 9.21. The van der Waals surface area contributed by atoms with Crippen LogP contribution in [0.5, 0.6) is 11.5 Å². The zero-order chi connectivity index (χ0) is 12.4. The molecule has 4 heteroatoms. The first kappa shape index (κ1) is 12.3. The molecule has 0 fully saturated rings. The molecule has 0 saturated heterocycles. The van der Waals surface area contributed by atoms with Crippen molar-refractivity contribution < 1.29 is 4.74 Å². The molecule has 0 aliphatic rings. The highest BCUT2D eigenvalue weighted by atomic mass is 79.9. The summed E-state index contributed by atoms with van der Waals surface area (Å²) in [7, 11) is 0. The maximum Gasteiger partial charge on any atom is 0.151 e. The van der Waals surface area contributed by atoms with Gasteiger partial charge in [0.1, 0.15) is 5.75 Å². The lowest BCUT2D eigenvalue weighted by molar-refractivity contribution is 0.482. The highest BCUT2D eigenvalue weighted by Gasteiger charge is 2.06. The van der Waals surface area contributed by atoms with Gasteiger partial charge in [0.05, 0.1) is 10.2 Å². The van der Waals surface area contributed by atoms with Crippen molar-refractivity contribution in [3.63, 3.8) is 0 Å². The molecule has 0 amide bonds. The van der Waals surface area contributed by atoms with Crippen LogP contribution in [0.4, 0.5) is 5.69 Å². The number of halogens is 2. The monoisotopic (exact) mass is 311 g/mol. The fourth-order valence-electron chi connectivity index (χ4n) is 1.40. The second-order valence-corrected chi connectivity index (χ2v) is 5.01. The van der Waals surface area contributed by atoms with Crippen molar-refractivity contribution in [3.8, 4) is 11.5 Å². The van der Waals surface area contributed by atoms with E-state index in [1.54, 1.807) is 18.2 Å². The largest absolute Gasteiger partial charge is 0.454 e. The van der Waals surface area contributed by atoms with Crippen LogP contribution in [0.15, 0.2) is 40.9 Å². The van der Waals surface area contributed by atoms with Crippen molar-refractivity contribution in [3.05, 3.63) is 51.5 Å². The minimum Gasteiger partial charge on any atom is -0.454 e. The molecular weight excluding hydrogens is 302 g/mol. The van der Waals surface area contributed by atoms with E-state index >= 15 is 0 Å². The molecule has 88 valence electrons. The van der Waals surface area contributed by atoms with Crippen LogP contribution in [0, 0.1) is 6.92 Å². The van der Waals surface area contributed by atoms with Crippen molar-refractivity contribution in [2.45, 2.75) is 6.92 Å². The van der Waals surface area contributed by atoms with E-state index in [-0.39, 0.29) is 0 Å². The third-order valence-electron chi connectivity index (χ3n) is 2.28. The second-order valence-electron chi connectivity index (χ2n) is 3.72. The molecule has 0 radical (unpaired) electrons. The number of ether oxygens (including phenoxy) is 1. The molecule has 17 heavy (non-hydrogen) atoms. The Bertz CT molecular complexity index is 557. The molecule has 0 saturated carbocycles. The number of nitrogens with two attached hydrogens (primary N) is 1. The Hall–Kier alpha value is -1.19. The van der Waals surface area contributed by atoms with E-state index in [0.717, 1.165) is 10.0 Å². The molecule has 0 atom stereocenters. The molecule has 0 aliphatic carbocycles. The van der Waals surface area contributed by atoms with Crippen LogP contribution in [0.3, 0.4) is 0 Å². The van der Waals surface area contributed by atoms with Crippen LogP contribution in [-0.4, -0.2) is 0 Å². The van der Waals surface area contributed by atoms with Gasteiger partial charge in [0.2, 0.25) is 0 Å². The highest BCUT2D eigenvalue weighted by Crippen LogP contribution is 2.34. The van der Waals surface area contributed by atoms with Gasteiger partial charge in [-0.1, -0.05) is 17.7 Å². The molecule has 0 aromatic heterocycles. The maximum absolute atomic E-state index is 5.90. The van der Waals surface area contributed by atoms with Crippen LogP contribution in [-0.2, 0) is 0 Å². The molecule has 2 aromatic carbocycles. The van der Waals surface area contributed by atoms with Crippen molar-refractivity contribution in [2.75, 3.05) is 5.73 Å². The standard InChI is InChI=1S/C13H11BrClNO/c1-8-2-5-12(10(14)6-8)17-13-7-9(15)3-4-11(13)16/h2-7H,16H2,1H3. The molecule has 2 aromatic rings. The summed E-state index contributed by atoms with van der Waals surface area (Å²) in [5, 5.41) is 0.595. The van der Waals surface area contributed by atoms with Crippen LogP contribution in [0.2, 0.25) is 5.02 Å². The molecule has 2 N–H and O–H groups in total. The van der Waals surface area contributed by atoms with Gasteiger partial charge in [0.15, 0.2) is 5.75 Å². The summed E-state index contributed by atoms with van der Waals surface area (Å²) in [6, 6.07) is 11.0. The van der Waals surface area contributed by atoms with Gasteiger partial charge >= 0.3 is 0 Å². The Morgan fingerprint density at radius 2 is 1.88 bits per heavy atom. The van der Waals surface area contributed by atoms with Gasteiger partial charge in [-0.3, -0.25) is 0 Å². The summed E-state index contributed by atoms with van der Waals surface area (Å²) in [6.07, 6.45) is 0. The Labute approximate surface area is 113 Å². The molecule has 0 heterocycles. The predicted molar refractivity (Wildman–Crippen MR) is 74.8 cm³/mol. The van der Waals surface area contributed by atoms with Crippen LogP contribution in [0.25, 0.3) is 0 Å². The summed E-state index contributed by atoms with van der Waals surface area (Å²) in [4.78, 5) is 0. The van der Waals surface area contributed by atoms with Crippen molar-refractivity contribution in [1.82, 2.24) is 0 Å². The molecule has 2 nitrogen and oxygen atoms in total. The van der Waals surface area contributed by atoms with E-state index in [0.29, 0.717) is 22.2 Å². The molecule has 0 aliphatic heterocycles. The van der Waals surface area contributed by atoms with Crippen LogP contribution < -0.4 is 10.5 Å². The van der Waals surface area contributed by atoms with Crippen molar-refractivity contribution in [2.24, 2.45) is 0 Å². The fourth-order valence-corrected chi connectivity index (χ4v) is 2.14. The van der Waals surface area contributed by atoms with E-state index < -0.39 is 0 Å². The summed E-state index contributed by atoms with van der Waals surface area (Å²) < 4.78 is 6.61. The number of nitrogen functional groups attached to an aromatic ring is 1. The Kier molecular flexibility index (Phi) is 3.60. The molecule has 0 unspecified atom stereocenters. The van der Waals surface area contributed by atoms with E-state index in [4.69, 9.17) is 22.1 Å². The lowest BCUT2D eigenvalue weighted by Crippen LogP contribution is -1.92. The third kappa shape index (κ3) is 2.93. The summed E-state index contributed by atoms with van der Waals surface area (Å²) in [5.74, 6) is 1.27. The number of aryl methyl sites for hydroxylation is 1. The first-order chi connectivity index (χ1) is 8.06. The predicted octanol–water partition coefficient (Wildman–Crippen LogP) is 4.79. The lowest BCUT2D eigenvalue weighted by atomic mass is 10.2. The lowest BCUT2D eigenvalue weighted by Gasteiger charge is -2.10. The normalized spacial score (nSPS) is 10.3. The SMILES string of the molecule is Cc1ccc(Oc2cc(Cl)ccc2N)c(Br)c1. The first-order valence-electron chi connectivity index (χ1n) is 5.05. The summed E-state index contributed by atoms with van der Waals surface area (Å²) in [5.41, 5.74) is 7.53. The van der Waals surface area contributed by atoms with E-state index in [1.165, 1.54) is 0 Å². The minimum atomic E-state index is 0.557.